The Bertz CT molecular complexity index is 1440. The Morgan fingerprint density at radius 3 is 2.51 bits per heavy atom. The maximum absolute atomic E-state index is 13.5. The van der Waals surface area contributed by atoms with Crippen LogP contribution >= 0.6 is 0 Å². The fourth-order valence-electron chi connectivity index (χ4n) is 4.16. The first-order valence-corrected chi connectivity index (χ1v) is 12.4. The van der Waals surface area contributed by atoms with E-state index in [0.717, 1.165) is 22.0 Å². The first-order valence-electron chi connectivity index (χ1n) is 12.4. The number of aliphatic hydroxyl groups is 1. The first-order chi connectivity index (χ1) is 17.9. The van der Waals surface area contributed by atoms with Crippen molar-refractivity contribution in [1.29, 1.82) is 0 Å². The fraction of sp³-hybridized carbons (Fsp3) is 0.258. The van der Waals surface area contributed by atoms with Crippen molar-refractivity contribution in [3.8, 4) is 23.3 Å². The summed E-state index contributed by atoms with van der Waals surface area (Å²) in [5, 5.41) is 14.6. The summed E-state index contributed by atoms with van der Waals surface area (Å²) < 4.78 is 11.3. The largest absolute Gasteiger partial charge is 0.495 e. The monoisotopic (exact) mass is 496 g/mol. The molecular weight excluding hydrogens is 464 g/mol. The van der Waals surface area contributed by atoms with Gasteiger partial charge in [-0.2, -0.15) is 0 Å². The predicted molar refractivity (Wildman–Crippen MR) is 146 cm³/mol. The molecule has 4 rings (SSSR count). The van der Waals surface area contributed by atoms with E-state index in [0.29, 0.717) is 29.0 Å². The molecule has 4 aromatic rings. The van der Waals surface area contributed by atoms with Gasteiger partial charge in [0.05, 0.1) is 36.5 Å². The number of aromatic nitrogens is 1. The third-order valence-corrected chi connectivity index (χ3v) is 6.05. The number of amides is 1. The molecule has 1 heterocycles. The van der Waals surface area contributed by atoms with Crippen molar-refractivity contribution in [1.82, 2.24) is 10.3 Å². The number of hydrogen-bond donors (Lipinski definition) is 3. The second-order valence-electron chi connectivity index (χ2n) is 9.21. The van der Waals surface area contributed by atoms with E-state index >= 15 is 0 Å². The normalized spacial score (nSPS) is 12.5. The van der Waals surface area contributed by atoms with Crippen LogP contribution in [0.5, 0.6) is 11.5 Å². The minimum atomic E-state index is -0.763. The molecule has 1 unspecified atom stereocenters. The van der Waals surface area contributed by atoms with Crippen LogP contribution in [0.1, 0.15) is 47.8 Å². The van der Waals surface area contributed by atoms with E-state index < -0.39 is 12.1 Å². The molecule has 0 saturated heterocycles. The number of benzene rings is 3. The molecule has 0 spiro atoms. The molecule has 3 N–H and O–H groups in total. The van der Waals surface area contributed by atoms with Crippen molar-refractivity contribution in [3.05, 3.63) is 95.2 Å². The summed E-state index contributed by atoms with van der Waals surface area (Å²) in [6, 6.07) is 20.3. The van der Waals surface area contributed by atoms with Gasteiger partial charge in [0, 0.05) is 22.7 Å². The molecule has 3 aromatic carbocycles. The van der Waals surface area contributed by atoms with Gasteiger partial charge in [0.15, 0.2) is 0 Å². The molecule has 6 nitrogen and oxygen atoms in total. The number of rotatable bonds is 8. The van der Waals surface area contributed by atoms with Crippen LogP contribution in [0.2, 0.25) is 0 Å². The average molecular weight is 497 g/mol. The second kappa shape index (κ2) is 11.7. The number of carbonyl (C=O) groups excluding carboxylic acids is 1. The zero-order valence-corrected chi connectivity index (χ0v) is 21.5. The highest BCUT2D eigenvalue weighted by Crippen LogP contribution is 2.24. The Balaban J connectivity index is 1.62. The van der Waals surface area contributed by atoms with Gasteiger partial charge >= 0.3 is 0 Å². The smallest absolute Gasteiger partial charge is 0.255 e. The molecule has 0 saturated carbocycles. The Morgan fingerprint density at radius 1 is 1.00 bits per heavy atom. The molecule has 190 valence electrons. The maximum atomic E-state index is 13.5. The molecule has 1 aromatic heterocycles. The molecule has 2 atom stereocenters. The SMILES string of the molecule is COc1ccccc1C#Cc1ccc(OC(C)C)c(C(=O)N[C@H](Cc2c[nH]c3ccccc23)C(C)O)c1. The Labute approximate surface area is 217 Å². The number of ether oxygens (including phenoxy) is 2. The third-order valence-electron chi connectivity index (χ3n) is 6.05. The molecular formula is C31H32N2O4. The van der Waals surface area contributed by atoms with E-state index in [4.69, 9.17) is 9.47 Å². The lowest BCUT2D eigenvalue weighted by atomic mass is 10.0. The molecule has 0 bridgehead atoms. The topological polar surface area (TPSA) is 83.6 Å². The van der Waals surface area contributed by atoms with Gasteiger partial charge < -0.3 is 24.9 Å². The van der Waals surface area contributed by atoms with Crippen LogP contribution < -0.4 is 14.8 Å². The van der Waals surface area contributed by atoms with Crippen LogP contribution in [0, 0.1) is 11.8 Å². The molecule has 1 amide bonds. The molecule has 0 aliphatic rings. The van der Waals surface area contributed by atoms with E-state index in [2.05, 4.69) is 22.1 Å². The van der Waals surface area contributed by atoms with E-state index in [1.807, 2.05) is 74.6 Å². The number of methoxy groups -OCH3 is 1. The van der Waals surface area contributed by atoms with Crippen LogP contribution in [0.4, 0.5) is 0 Å². The second-order valence-corrected chi connectivity index (χ2v) is 9.21. The van der Waals surface area contributed by atoms with Crippen molar-refractivity contribution in [2.45, 2.75) is 45.4 Å². The highest BCUT2D eigenvalue weighted by atomic mass is 16.5. The third kappa shape index (κ3) is 6.32. The lowest BCUT2D eigenvalue weighted by Crippen LogP contribution is -2.43. The van der Waals surface area contributed by atoms with Crippen molar-refractivity contribution >= 4 is 16.8 Å². The van der Waals surface area contributed by atoms with Gasteiger partial charge in [-0.05, 0) is 69.2 Å². The van der Waals surface area contributed by atoms with E-state index in [1.165, 1.54) is 0 Å². The lowest BCUT2D eigenvalue weighted by Gasteiger charge is -2.22. The predicted octanol–water partition coefficient (Wildman–Crippen LogP) is 5.09. The molecule has 0 radical (unpaired) electrons. The van der Waals surface area contributed by atoms with E-state index in [1.54, 1.807) is 26.2 Å². The summed E-state index contributed by atoms with van der Waals surface area (Å²) in [5.74, 6) is 7.06. The van der Waals surface area contributed by atoms with Crippen molar-refractivity contribution < 1.29 is 19.4 Å². The summed E-state index contributed by atoms with van der Waals surface area (Å²) in [6.45, 7) is 5.50. The number of aromatic amines is 1. The van der Waals surface area contributed by atoms with Crippen LogP contribution in [-0.2, 0) is 6.42 Å². The summed E-state index contributed by atoms with van der Waals surface area (Å²) >= 11 is 0. The summed E-state index contributed by atoms with van der Waals surface area (Å²) in [4.78, 5) is 16.8. The zero-order valence-electron chi connectivity index (χ0n) is 21.5. The number of aliphatic hydroxyl groups excluding tert-OH is 1. The van der Waals surface area contributed by atoms with Gasteiger partial charge in [0.1, 0.15) is 11.5 Å². The standard InChI is InChI=1S/C31H32N2O4/c1-20(2)37-30-16-14-22(13-15-23-9-5-8-12-29(23)36-4)17-26(30)31(35)33-28(21(3)34)18-24-19-32-27-11-7-6-10-25(24)27/h5-12,14,16-17,19-21,28,32,34H,18H2,1-4H3,(H,33,35)/t21?,28-/m1/s1. The van der Waals surface area contributed by atoms with E-state index in [9.17, 15) is 9.90 Å². The van der Waals surface area contributed by atoms with Crippen LogP contribution in [0.3, 0.4) is 0 Å². The minimum absolute atomic E-state index is 0.115. The molecule has 0 fully saturated rings. The number of carbonyl (C=O) groups is 1. The summed E-state index contributed by atoms with van der Waals surface area (Å²) in [6.07, 6.45) is 1.52. The highest BCUT2D eigenvalue weighted by molar-refractivity contribution is 5.97. The van der Waals surface area contributed by atoms with Gasteiger partial charge in [-0.3, -0.25) is 4.79 Å². The number of hydrogen-bond acceptors (Lipinski definition) is 4. The highest BCUT2D eigenvalue weighted by Gasteiger charge is 2.23. The first kappa shape index (κ1) is 25.9. The summed E-state index contributed by atoms with van der Waals surface area (Å²) in [7, 11) is 1.61. The fourth-order valence-corrected chi connectivity index (χ4v) is 4.16. The van der Waals surface area contributed by atoms with Gasteiger partial charge in [-0.15, -0.1) is 0 Å². The van der Waals surface area contributed by atoms with Crippen molar-refractivity contribution in [2.24, 2.45) is 0 Å². The number of para-hydroxylation sites is 2. The Hall–Kier alpha value is -4.21. The molecule has 6 heteroatoms. The quantitative estimate of drug-likeness (QED) is 0.297. The number of H-pyrrole nitrogens is 1. The summed E-state index contributed by atoms with van der Waals surface area (Å²) in [5.41, 5.74) is 3.83. The van der Waals surface area contributed by atoms with Crippen LogP contribution in [0.15, 0.2) is 72.9 Å². The Morgan fingerprint density at radius 2 is 1.76 bits per heavy atom. The van der Waals surface area contributed by atoms with Crippen molar-refractivity contribution in [3.63, 3.8) is 0 Å². The van der Waals surface area contributed by atoms with Crippen LogP contribution in [0.25, 0.3) is 10.9 Å². The van der Waals surface area contributed by atoms with Gasteiger partial charge in [0.2, 0.25) is 0 Å². The van der Waals surface area contributed by atoms with Gasteiger partial charge in [0.25, 0.3) is 5.91 Å². The molecule has 37 heavy (non-hydrogen) atoms. The minimum Gasteiger partial charge on any atom is -0.495 e. The van der Waals surface area contributed by atoms with Crippen molar-refractivity contribution in [2.75, 3.05) is 7.11 Å². The maximum Gasteiger partial charge on any atom is 0.255 e. The van der Waals surface area contributed by atoms with Gasteiger partial charge in [-0.1, -0.05) is 42.2 Å². The zero-order chi connectivity index (χ0) is 26.4. The van der Waals surface area contributed by atoms with Crippen LogP contribution in [-0.4, -0.2) is 41.4 Å². The average Bonchev–Trinajstić information content (AvgIpc) is 3.30. The molecule has 0 aliphatic carbocycles. The number of fused-ring (bicyclic) bond motifs is 1. The van der Waals surface area contributed by atoms with E-state index in [-0.39, 0.29) is 12.0 Å². The lowest BCUT2D eigenvalue weighted by molar-refractivity contribution is 0.0853. The van der Waals surface area contributed by atoms with Gasteiger partial charge in [-0.25, -0.2) is 0 Å². The number of nitrogens with one attached hydrogen (secondary N) is 2. The Kier molecular flexibility index (Phi) is 8.17. The molecule has 0 aliphatic heterocycles.